The van der Waals surface area contributed by atoms with Crippen LogP contribution in [0.15, 0.2) is 77.7 Å². The molecule has 0 saturated heterocycles. The van der Waals surface area contributed by atoms with E-state index in [0.717, 1.165) is 11.3 Å². The smallest absolute Gasteiger partial charge is 0.240 e. The van der Waals surface area contributed by atoms with Gasteiger partial charge in [0.2, 0.25) is 10.0 Å². The Morgan fingerprint density at radius 3 is 2.24 bits per heavy atom. The molecule has 29 heavy (non-hydrogen) atoms. The van der Waals surface area contributed by atoms with Crippen LogP contribution in [0, 0.1) is 0 Å². The summed E-state index contributed by atoms with van der Waals surface area (Å²) in [5.74, 6) is 2.63. The standard InChI is InChI=1S/C21H19Cl2NO3S2/c22-20-11-6-16(14-21(20)23)15-28-13-12-24-29(25,26)19-9-7-18(8-10-19)27-17-4-2-1-3-5-17/h1-11,14,24H,12-13,15H2. The van der Waals surface area contributed by atoms with Crippen LogP contribution in [-0.4, -0.2) is 20.7 Å². The van der Waals surface area contributed by atoms with E-state index in [9.17, 15) is 8.42 Å². The maximum atomic E-state index is 12.4. The van der Waals surface area contributed by atoms with Gasteiger partial charge < -0.3 is 4.74 Å². The Hall–Kier alpha value is -1.70. The summed E-state index contributed by atoms with van der Waals surface area (Å²) < 4.78 is 33.1. The average Bonchev–Trinajstić information content (AvgIpc) is 2.71. The van der Waals surface area contributed by atoms with Crippen molar-refractivity contribution in [2.45, 2.75) is 10.6 Å². The summed E-state index contributed by atoms with van der Waals surface area (Å²) in [6.45, 7) is 0.330. The van der Waals surface area contributed by atoms with Gasteiger partial charge in [-0.1, -0.05) is 47.5 Å². The summed E-state index contributed by atoms with van der Waals surface area (Å²) in [5, 5.41) is 1.04. The molecule has 0 amide bonds. The van der Waals surface area contributed by atoms with Gasteiger partial charge in [-0.05, 0) is 54.1 Å². The second kappa shape index (κ2) is 10.4. The molecule has 3 rings (SSSR count). The van der Waals surface area contributed by atoms with E-state index in [0.29, 0.717) is 33.8 Å². The van der Waals surface area contributed by atoms with E-state index in [1.54, 1.807) is 30.0 Å². The molecule has 0 fully saturated rings. The van der Waals surface area contributed by atoms with Crippen LogP contribution in [0.1, 0.15) is 5.56 Å². The molecule has 0 aliphatic rings. The summed E-state index contributed by atoms with van der Waals surface area (Å²) in [7, 11) is -3.56. The molecule has 8 heteroatoms. The Morgan fingerprint density at radius 2 is 1.55 bits per heavy atom. The van der Waals surface area contributed by atoms with Gasteiger partial charge in [-0.2, -0.15) is 11.8 Å². The molecule has 152 valence electrons. The highest BCUT2D eigenvalue weighted by Gasteiger charge is 2.13. The summed E-state index contributed by atoms with van der Waals surface area (Å²) in [4.78, 5) is 0.201. The van der Waals surface area contributed by atoms with Crippen molar-refractivity contribution in [2.75, 3.05) is 12.3 Å². The molecule has 0 bridgehead atoms. The first kappa shape index (κ1) is 22.0. The molecule has 4 nitrogen and oxygen atoms in total. The number of benzene rings is 3. The number of nitrogens with one attached hydrogen (secondary N) is 1. The van der Waals surface area contributed by atoms with Crippen LogP contribution in [0.5, 0.6) is 11.5 Å². The van der Waals surface area contributed by atoms with Crippen LogP contribution in [0.4, 0.5) is 0 Å². The number of ether oxygens (including phenoxy) is 1. The van der Waals surface area contributed by atoms with Gasteiger partial charge in [-0.3, -0.25) is 0 Å². The fraction of sp³-hybridized carbons (Fsp3) is 0.143. The molecule has 0 aliphatic carbocycles. The van der Waals surface area contributed by atoms with Gasteiger partial charge in [0, 0.05) is 18.1 Å². The minimum atomic E-state index is -3.56. The predicted molar refractivity (Wildman–Crippen MR) is 121 cm³/mol. The Labute approximate surface area is 185 Å². The maximum absolute atomic E-state index is 12.4. The predicted octanol–water partition coefficient (Wildman–Crippen LogP) is 6.00. The molecule has 0 spiro atoms. The van der Waals surface area contributed by atoms with E-state index in [4.69, 9.17) is 27.9 Å². The second-order valence-corrected chi connectivity index (χ2v) is 9.77. The zero-order valence-corrected chi connectivity index (χ0v) is 18.5. The molecule has 0 unspecified atom stereocenters. The number of hydrogen-bond donors (Lipinski definition) is 1. The molecule has 0 aromatic heterocycles. The monoisotopic (exact) mass is 467 g/mol. The number of thioether (sulfide) groups is 1. The highest BCUT2D eigenvalue weighted by Crippen LogP contribution is 2.25. The van der Waals surface area contributed by atoms with Crippen molar-refractivity contribution in [3.8, 4) is 11.5 Å². The van der Waals surface area contributed by atoms with E-state index < -0.39 is 10.0 Å². The molecule has 0 radical (unpaired) electrons. The summed E-state index contributed by atoms with van der Waals surface area (Å²) in [6, 6.07) is 21.1. The van der Waals surface area contributed by atoms with Crippen molar-refractivity contribution >= 4 is 45.0 Å². The normalized spacial score (nSPS) is 11.4. The fourth-order valence-corrected chi connectivity index (χ4v) is 4.75. The van der Waals surface area contributed by atoms with Crippen molar-refractivity contribution in [1.82, 2.24) is 4.72 Å². The molecular weight excluding hydrogens is 449 g/mol. The number of sulfonamides is 1. The van der Waals surface area contributed by atoms with Crippen molar-refractivity contribution in [3.05, 3.63) is 88.4 Å². The largest absolute Gasteiger partial charge is 0.457 e. The number of hydrogen-bond acceptors (Lipinski definition) is 4. The third-order valence-corrected chi connectivity index (χ3v) is 7.15. The Balaban J connectivity index is 1.47. The lowest BCUT2D eigenvalue weighted by Crippen LogP contribution is -2.26. The molecular formula is C21H19Cl2NO3S2. The summed E-state index contributed by atoms with van der Waals surface area (Å²) in [6.07, 6.45) is 0. The lowest BCUT2D eigenvalue weighted by molar-refractivity contribution is 0.482. The van der Waals surface area contributed by atoms with Gasteiger partial charge in [-0.25, -0.2) is 13.1 Å². The van der Waals surface area contributed by atoms with Crippen LogP contribution in [0.2, 0.25) is 10.0 Å². The molecule has 3 aromatic rings. The zero-order valence-electron chi connectivity index (χ0n) is 15.3. The molecule has 0 aliphatic heterocycles. The fourth-order valence-electron chi connectivity index (χ4n) is 2.46. The number of para-hydroxylation sites is 1. The number of rotatable bonds is 9. The van der Waals surface area contributed by atoms with Gasteiger partial charge in [0.15, 0.2) is 0 Å². The third kappa shape index (κ3) is 6.66. The minimum absolute atomic E-state index is 0.201. The Morgan fingerprint density at radius 1 is 0.862 bits per heavy atom. The minimum Gasteiger partial charge on any atom is -0.457 e. The van der Waals surface area contributed by atoms with Gasteiger partial charge in [0.05, 0.1) is 14.9 Å². The summed E-state index contributed by atoms with van der Waals surface area (Å²) in [5.41, 5.74) is 1.04. The van der Waals surface area contributed by atoms with Crippen molar-refractivity contribution in [3.63, 3.8) is 0 Å². The van der Waals surface area contributed by atoms with Crippen LogP contribution in [0.3, 0.4) is 0 Å². The lowest BCUT2D eigenvalue weighted by Gasteiger charge is -2.09. The first-order valence-electron chi connectivity index (χ1n) is 8.78. The Bertz CT molecular complexity index is 1040. The van der Waals surface area contributed by atoms with Crippen LogP contribution >= 0.6 is 35.0 Å². The van der Waals surface area contributed by atoms with Gasteiger partial charge in [0.25, 0.3) is 0 Å². The van der Waals surface area contributed by atoms with Crippen molar-refractivity contribution < 1.29 is 13.2 Å². The first-order valence-corrected chi connectivity index (χ1v) is 12.2. The van der Waals surface area contributed by atoms with Crippen molar-refractivity contribution in [1.29, 1.82) is 0 Å². The van der Waals surface area contributed by atoms with E-state index in [1.165, 1.54) is 12.1 Å². The highest BCUT2D eigenvalue weighted by atomic mass is 35.5. The van der Waals surface area contributed by atoms with Gasteiger partial charge in [-0.15, -0.1) is 0 Å². The second-order valence-electron chi connectivity index (χ2n) is 6.09. The molecule has 0 atom stereocenters. The first-order chi connectivity index (χ1) is 13.9. The van der Waals surface area contributed by atoms with Gasteiger partial charge >= 0.3 is 0 Å². The quantitative estimate of drug-likeness (QED) is 0.392. The van der Waals surface area contributed by atoms with E-state index in [-0.39, 0.29) is 4.90 Å². The topological polar surface area (TPSA) is 55.4 Å². The molecule has 0 saturated carbocycles. The lowest BCUT2D eigenvalue weighted by atomic mass is 10.2. The zero-order chi connectivity index (χ0) is 20.7. The van der Waals surface area contributed by atoms with Crippen LogP contribution in [0.25, 0.3) is 0 Å². The third-order valence-electron chi connectivity index (χ3n) is 3.90. The molecule has 1 N–H and O–H groups in total. The Kier molecular flexibility index (Phi) is 7.86. The average molecular weight is 468 g/mol. The van der Waals surface area contributed by atoms with Gasteiger partial charge in [0.1, 0.15) is 11.5 Å². The van der Waals surface area contributed by atoms with E-state index in [1.807, 2.05) is 42.5 Å². The van der Waals surface area contributed by atoms with E-state index >= 15 is 0 Å². The molecule has 0 heterocycles. The maximum Gasteiger partial charge on any atom is 0.240 e. The SMILES string of the molecule is O=S(=O)(NCCSCc1ccc(Cl)c(Cl)c1)c1ccc(Oc2ccccc2)cc1. The highest BCUT2D eigenvalue weighted by molar-refractivity contribution is 7.98. The van der Waals surface area contributed by atoms with E-state index in [2.05, 4.69) is 4.72 Å². The molecule has 3 aromatic carbocycles. The van der Waals surface area contributed by atoms with Crippen LogP contribution < -0.4 is 9.46 Å². The van der Waals surface area contributed by atoms with Crippen molar-refractivity contribution in [2.24, 2.45) is 0 Å². The number of halogens is 2. The summed E-state index contributed by atoms with van der Waals surface area (Å²) >= 11 is 13.5. The van der Waals surface area contributed by atoms with Crippen LogP contribution in [-0.2, 0) is 15.8 Å².